The minimum atomic E-state index is 0.763. The van der Waals surface area contributed by atoms with Gasteiger partial charge < -0.3 is 0 Å². The SMILES string of the molecule is Clc1cccc(C(=CCBr)c2ccccc2)c1. The van der Waals surface area contributed by atoms with E-state index in [0.717, 1.165) is 15.9 Å². The van der Waals surface area contributed by atoms with E-state index in [1.807, 2.05) is 36.4 Å². The maximum atomic E-state index is 6.04. The summed E-state index contributed by atoms with van der Waals surface area (Å²) in [7, 11) is 0. The Morgan fingerprint density at radius 1 is 1.00 bits per heavy atom. The van der Waals surface area contributed by atoms with Crippen molar-refractivity contribution >= 4 is 33.1 Å². The summed E-state index contributed by atoms with van der Waals surface area (Å²) in [5.74, 6) is 0. The molecule has 0 bridgehead atoms. The molecule has 17 heavy (non-hydrogen) atoms. The summed E-state index contributed by atoms with van der Waals surface area (Å²) in [4.78, 5) is 0. The normalized spacial score (nSPS) is 11.5. The molecule has 0 aliphatic carbocycles. The standard InChI is InChI=1S/C15H12BrCl/c16-10-9-15(12-5-2-1-3-6-12)13-7-4-8-14(17)11-13/h1-9,11H,10H2. The summed E-state index contributed by atoms with van der Waals surface area (Å²) in [5, 5.41) is 1.59. The molecule has 0 radical (unpaired) electrons. The molecule has 0 saturated carbocycles. The fourth-order valence-electron chi connectivity index (χ4n) is 1.75. The quantitative estimate of drug-likeness (QED) is 0.687. The van der Waals surface area contributed by atoms with Gasteiger partial charge in [0.05, 0.1) is 0 Å². The molecular formula is C15H12BrCl. The van der Waals surface area contributed by atoms with Crippen molar-refractivity contribution in [3.8, 4) is 0 Å². The molecule has 0 fully saturated rings. The predicted octanol–water partition coefficient (Wildman–Crippen LogP) is 5.17. The molecule has 0 atom stereocenters. The summed E-state index contributed by atoms with van der Waals surface area (Å²) in [6.45, 7) is 0. The lowest BCUT2D eigenvalue weighted by atomic mass is 9.98. The van der Waals surface area contributed by atoms with Crippen LogP contribution in [0.25, 0.3) is 5.57 Å². The molecule has 0 N–H and O–H groups in total. The lowest BCUT2D eigenvalue weighted by Crippen LogP contribution is -1.88. The number of halogens is 2. The largest absolute Gasteiger partial charge is 0.0883 e. The van der Waals surface area contributed by atoms with E-state index in [0.29, 0.717) is 0 Å². The average Bonchev–Trinajstić information content (AvgIpc) is 2.37. The van der Waals surface area contributed by atoms with Gasteiger partial charge >= 0.3 is 0 Å². The Morgan fingerprint density at radius 2 is 1.71 bits per heavy atom. The minimum absolute atomic E-state index is 0.763. The summed E-state index contributed by atoms with van der Waals surface area (Å²) in [6, 6.07) is 18.3. The number of rotatable bonds is 3. The van der Waals surface area contributed by atoms with E-state index in [2.05, 4.69) is 40.2 Å². The Bertz CT molecular complexity index is 517. The van der Waals surface area contributed by atoms with Crippen LogP contribution < -0.4 is 0 Å². The number of alkyl halides is 1. The highest BCUT2D eigenvalue weighted by Crippen LogP contribution is 2.25. The summed E-state index contributed by atoms with van der Waals surface area (Å²) in [5.41, 5.74) is 3.54. The molecule has 0 spiro atoms. The molecule has 0 aromatic heterocycles. The summed E-state index contributed by atoms with van der Waals surface area (Å²) < 4.78 is 0. The van der Waals surface area contributed by atoms with Gasteiger partial charge in [0.15, 0.2) is 0 Å². The highest BCUT2D eigenvalue weighted by Gasteiger charge is 2.04. The van der Waals surface area contributed by atoms with Crippen molar-refractivity contribution in [2.24, 2.45) is 0 Å². The van der Waals surface area contributed by atoms with Crippen LogP contribution in [0.2, 0.25) is 5.02 Å². The zero-order valence-electron chi connectivity index (χ0n) is 9.24. The molecule has 2 aromatic carbocycles. The van der Waals surface area contributed by atoms with Crippen LogP contribution in [0.4, 0.5) is 0 Å². The second kappa shape index (κ2) is 6.04. The van der Waals surface area contributed by atoms with Crippen LogP contribution in [0, 0.1) is 0 Å². The second-order valence-corrected chi connectivity index (χ2v) is 4.73. The van der Waals surface area contributed by atoms with Gasteiger partial charge in [0, 0.05) is 10.4 Å². The fraction of sp³-hybridized carbons (Fsp3) is 0.0667. The maximum absolute atomic E-state index is 6.04. The van der Waals surface area contributed by atoms with Gasteiger partial charge in [-0.15, -0.1) is 0 Å². The van der Waals surface area contributed by atoms with Gasteiger partial charge in [-0.05, 0) is 28.8 Å². The first-order valence-corrected chi connectivity index (χ1v) is 6.88. The Morgan fingerprint density at radius 3 is 2.35 bits per heavy atom. The van der Waals surface area contributed by atoms with E-state index in [4.69, 9.17) is 11.6 Å². The molecule has 0 aliphatic heterocycles. The molecule has 0 amide bonds. The first-order valence-electron chi connectivity index (χ1n) is 5.39. The van der Waals surface area contributed by atoms with Crippen molar-refractivity contribution in [1.82, 2.24) is 0 Å². The van der Waals surface area contributed by atoms with Gasteiger partial charge in [-0.1, -0.05) is 76.1 Å². The van der Waals surface area contributed by atoms with Gasteiger partial charge in [0.1, 0.15) is 0 Å². The maximum Gasteiger partial charge on any atom is 0.0412 e. The Hall–Kier alpha value is -1.05. The average molecular weight is 308 g/mol. The minimum Gasteiger partial charge on any atom is -0.0883 e. The molecule has 0 heterocycles. The van der Waals surface area contributed by atoms with Gasteiger partial charge in [0.2, 0.25) is 0 Å². The number of benzene rings is 2. The first-order chi connectivity index (χ1) is 8.31. The predicted molar refractivity (Wildman–Crippen MR) is 78.8 cm³/mol. The van der Waals surface area contributed by atoms with Crippen LogP contribution in [0.1, 0.15) is 11.1 Å². The monoisotopic (exact) mass is 306 g/mol. The van der Waals surface area contributed by atoms with E-state index in [1.54, 1.807) is 0 Å². The lowest BCUT2D eigenvalue weighted by Gasteiger charge is -2.08. The fourth-order valence-corrected chi connectivity index (χ4v) is 2.27. The third kappa shape index (κ3) is 3.21. The van der Waals surface area contributed by atoms with Crippen molar-refractivity contribution in [1.29, 1.82) is 0 Å². The highest BCUT2D eigenvalue weighted by molar-refractivity contribution is 9.09. The van der Waals surface area contributed by atoms with Gasteiger partial charge in [0.25, 0.3) is 0 Å². The summed E-state index contributed by atoms with van der Waals surface area (Å²) in [6.07, 6.45) is 2.15. The molecule has 2 aromatic rings. The van der Waals surface area contributed by atoms with Crippen molar-refractivity contribution in [2.45, 2.75) is 0 Å². The third-order valence-electron chi connectivity index (χ3n) is 2.50. The van der Waals surface area contributed by atoms with Gasteiger partial charge in [-0.3, -0.25) is 0 Å². The molecule has 86 valence electrons. The second-order valence-electron chi connectivity index (χ2n) is 3.65. The number of hydrogen-bond donors (Lipinski definition) is 0. The van der Waals surface area contributed by atoms with Gasteiger partial charge in [-0.25, -0.2) is 0 Å². The van der Waals surface area contributed by atoms with E-state index in [1.165, 1.54) is 11.1 Å². The van der Waals surface area contributed by atoms with E-state index < -0.39 is 0 Å². The van der Waals surface area contributed by atoms with Crippen LogP contribution in [0.5, 0.6) is 0 Å². The van der Waals surface area contributed by atoms with Crippen molar-refractivity contribution in [3.05, 3.63) is 76.8 Å². The van der Waals surface area contributed by atoms with Crippen LogP contribution >= 0.6 is 27.5 Å². The zero-order chi connectivity index (χ0) is 12.1. The van der Waals surface area contributed by atoms with Gasteiger partial charge in [-0.2, -0.15) is 0 Å². The van der Waals surface area contributed by atoms with Crippen LogP contribution in [0.15, 0.2) is 60.7 Å². The topological polar surface area (TPSA) is 0 Å². The molecular weight excluding hydrogens is 296 g/mol. The molecule has 0 unspecified atom stereocenters. The smallest absolute Gasteiger partial charge is 0.0412 e. The molecule has 0 nitrogen and oxygen atoms in total. The van der Waals surface area contributed by atoms with E-state index in [9.17, 15) is 0 Å². The van der Waals surface area contributed by atoms with E-state index in [-0.39, 0.29) is 0 Å². The van der Waals surface area contributed by atoms with Crippen LogP contribution in [0.3, 0.4) is 0 Å². The van der Waals surface area contributed by atoms with Crippen LogP contribution in [-0.2, 0) is 0 Å². The van der Waals surface area contributed by atoms with Crippen molar-refractivity contribution < 1.29 is 0 Å². The van der Waals surface area contributed by atoms with E-state index >= 15 is 0 Å². The van der Waals surface area contributed by atoms with Crippen molar-refractivity contribution in [3.63, 3.8) is 0 Å². The molecule has 2 heteroatoms. The third-order valence-corrected chi connectivity index (χ3v) is 3.06. The lowest BCUT2D eigenvalue weighted by molar-refractivity contribution is 1.53. The molecule has 2 rings (SSSR count). The Kier molecular flexibility index (Phi) is 4.41. The van der Waals surface area contributed by atoms with Crippen molar-refractivity contribution in [2.75, 3.05) is 5.33 Å². The molecule has 0 aliphatic rings. The highest BCUT2D eigenvalue weighted by atomic mass is 79.9. The zero-order valence-corrected chi connectivity index (χ0v) is 11.6. The number of allylic oxidation sites excluding steroid dienone is 1. The summed E-state index contributed by atoms with van der Waals surface area (Å²) >= 11 is 9.49. The molecule has 0 saturated heterocycles. The van der Waals surface area contributed by atoms with Crippen LogP contribution in [-0.4, -0.2) is 5.33 Å². The first kappa shape index (κ1) is 12.4. The Balaban J connectivity index is 2.47. The Labute approximate surface area is 115 Å². The number of hydrogen-bond acceptors (Lipinski definition) is 0.